The number of halogens is 1. The van der Waals surface area contributed by atoms with Gasteiger partial charge in [0, 0.05) is 9.64 Å². The summed E-state index contributed by atoms with van der Waals surface area (Å²) in [6, 6.07) is 5.05. The number of hydrogen-bond donors (Lipinski definition) is 0. The van der Waals surface area contributed by atoms with Gasteiger partial charge in [0.2, 0.25) is 5.75 Å². The molecular formula is C7H6IO2. The molecule has 2 nitrogen and oxygen atoms in total. The molecule has 0 bridgehead atoms. The monoisotopic (exact) mass is 249 g/mol. The minimum atomic E-state index is -0.0607. The normalized spacial score (nSPS) is 9.40. The number of rotatable bonds is 1. The second-order valence-electron chi connectivity index (χ2n) is 1.80. The summed E-state index contributed by atoms with van der Waals surface area (Å²) in [4.78, 5) is 0. The molecule has 0 unspecified atom stereocenters. The summed E-state index contributed by atoms with van der Waals surface area (Å²) >= 11 is 2.08. The lowest BCUT2D eigenvalue weighted by atomic mass is 10.3. The molecule has 0 spiro atoms. The summed E-state index contributed by atoms with van der Waals surface area (Å²) in [6.07, 6.45) is 0. The van der Waals surface area contributed by atoms with Crippen LogP contribution in [0.1, 0.15) is 0 Å². The van der Waals surface area contributed by atoms with E-state index in [1.54, 1.807) is 12.1 Å². The number of benzene rings is 1. The van der Waals surface area contributed by atoms with E-state index in [1.807, 2.05) is 6.07 Å². The first-order chi connectivity index (χ1) is 4.74. The van der Waals surface area contributed by atoms with Gasteiger partial charge in [0.15, 0.2) is 5.75 Å². The molecule has 1 rings (SSSR count). The van der Waals surface area contributed by atoms with E-state index in [9.17, 15) is 5.11 Å². The third-order valence-corrected chi connectivity index (χ3v) is 1.80. The van der Waals surface area contributed by atoms with E-state index in [1.165, 1.54) is 7.11 Å². The van der Waals surface area contributed by atoms with Crippen molar-refractivity contribution in [3.05, 3.63) is 21.8 Å². The lowest BCUT2D eigenvalue weighted by Gasteiger charge is -1.98. The fourth-order valence-electron chi connectivity index (χ4n) is 0.651. The second kappa shape index (κ2) is 3.09. The predicted molar refractivity (Wildman–Crippen MR) is 45.8 cm³/mol. The van der Waals surface area contributed by atoms with Crippen LogP contribution in [-0.4, -0.2) is 7.11 Å². The Hall–Kier alpha value is -0.450. The topological polar surface area (TPSA) is 29.1 Å². The van der Waals surface area contributed by atoms with Gasteiger partial charge in [0.1, 0.15) is 0 Å². The molecule has 0 heterocycles. The molecule has 0 amide bonds. The molecule has 0 fully saturated rings. The maximum atomic E-state index is 10.9. The van der Waals surface area contributed by atoms with Crippen molar-refractivity contribution in [3.8, 4) is 11.5 Å². The molecule has 0 N–H and O–H groups in total. The molecule has 0 saturated carbocycles. The van der Waals surface area contributed by atoms with E-state index in [0.29, 0.717) is 5.75 Å². The van der Waals surface area contributed by atoms with Crippen molar-refractivity contribution >= 4 is 22.6 Å². The molecular weight excluding hydrogens is 243 g/mol. The Morgan fingerprint density at radius 1 is 1.50 bits per heavy atom. The third-order valence-electron chi connectivity index (χ3n) is 1.13. The van der Waals surface area contributed by atoms with Crippen LogP contribution in [0.3, 0.4) is 0 Å². The smallest absolute Gasteiger partial charge is 0.221 e. The van der Waals surface area contributed by atoms with Crippen LogP contribution in [0.25, 0.3) is 0 Å². The Bertz CT molecular complexity index is 235. The Morgan fingerprint density at radius 2 is 2.20 bits per heavy atom. The molecule has 1 aromatic rings. The molecule has 0 aliphatic heterocycles. The Balaban J connectivity index is 3.07. The van der Waals surface area contributed by atoms with Crippen molar-refractivity contribution < 1.29 is 9.84 Å². The molecule has 10 heavy (non-hydrogen) atoms. The van der Waals surface area contributed by atoms with Crippen molar-refractivity contribution in [1.82, 2.24) is 0 Å². The van der Waals surface area contributed by atoms with E-state index in [-0.39, 0.29) is 5.75 Å². The molecule has 53 valence electrons. The van der Waals surface area contributed by atoms with Gasteiger partial charge in [-0.25, -0.2) is 0 Å². The summed E-state index contributed by atoms with van der Waals surface area (Å²) in [5.74, 6) is 0.342. The first-order valence-corrected chi connectivity index (χ1v) is 3.82. The molecule has 0 saturated heterocycles. The summed E-state index contributed by atoms with van der Waals surface area (Å²) < 4.78 is 5.72. The molecule has 1 radical (unpaired) electrons. The van der Waals surface area contributed by atoms with Crippen molar-refractivity contribution in [2.45, 2.75) is 0 Å². The zero-order valence-electron chi connectivity index (χ0n) is 5.43. The van der Waals surface area contributed by atoms with E-state index in [2.05, 4.69) is 22.6 Å². The van der Waals surface area contributed by atoms with E-state index in [0.717, 1.165) is 3.57 Å². The highest BCUT2D eigenvalue weighted by Gasteiger charge is 2.01. The lowest BCUT2D eigenvalue weighted by Crippen LogP contribution is -1.82. The fourth-order valence-corrected chi connectivity index (χ4v) is 1.11. The van der Waals surface area contributed by atoms with Crippen molar-refractivity contribution in [1.29, 1.82) is 0 Å². The Morgan fingerprint density at radius 3 is 2.70 bits per heavy atom. The first-order valence-electron chi connectivity index (χ1n) is 2.74. The van der Waals surface area contributed by atoms with Crippen molar-refractivity contribution in [3.63, 3.8) is 0 Å². The lowest BCUT2D eigenvalue weighted by molar-refractivity contribution is 0.315. The number of methoxy groups -OCH3 is 1. The summed E-state index contributed by atoms with van der Waals surface area (Å²) in [6.45, 7) is 0. The summed E-state index contributed by atoms with van der Waals surface area (Å²) in [7, 11) is 1.49. The van der Waals surface area contributed by atoms with Gasteiger partial charge >= 0.3 is 0 Å². The molecule has 0 aliphatic rings. The van der Waals surface area contributed by atoms with Crippen LogP contribution < -0.4 is 4.74 Å². The number of hydrogen-bond acceptors (Lipinski definition) is 1. The van der Waals surface area contributed by atoms with Gasteiger partial charge in [-0.15, -0.1) is 0 Å². The Kier molecular flexibility index (Phi) is 2.37. The number of ether oxygens (including phenoxy) is 1. The Labute approximate surface area is 73.0 Å². The zero-order valence-corrected chi connectivity index (χ0v) is 7.58. The van der Waals surface area contributed by atoms with E-state index in [4.69, 9.17) is 4.74 Å². The average molecular weight is 249 g/mol. The van der Waals surface area contributed by atoms with Gasteiger partial charge in [-0.05, 0) is 34.7 Å². The van der Waals surface area contributed by atoms with Gasteiger partial charge in [0.25, 0.3) is 0 Å². The maximum absolute atomic E-state index is 10.9. The molecule has 0 atom stereocenters. The van der Waals surface area contributed by atoms with Crippen LogP contribution in [0.4, 0.5) is 0 Å². The van der Waals surface area contributed by atoms with Gasteiger partial charge < -0.3 is 4.74 Å². The minimum absolute atomic E-state index is 0.0607. The summed E-state index contributed by atoms with van der Waals surface area (Å²) in [5, 5.41) is 10.9. The SMILES string of the molecule is COc1ccc(I)cc1[O]. The quantitative estimate of drug-likeness (QED) is 0.703. The van der Waals surface area contributed by atoms with Crippen molar-refractivity contribution in [2.75, 3.05) is 7.11 Å². The molecule has 0 aliphatic carbocycles. The maximum Gasteiger partial charge on any atom is 0.221 e. The van der Waals surface area contributed by atoms with Crippen LogP contribution in [-0.2, 0) is 5.11 Å². The van der Waals surface area contributed by atoms with Crippen LogP contribution >= 0.6 is 22.6 Å². The van der Waals surface area contributed by atoms with Crippen LogP contribution in [0.5, 0.6) is 11.5 Å². The minimum Gasteiger partial charge on any atom is -0.493 e. The van der Waals surface area contributed by atoms with Gasteiger partial charge in [0.05, 0.1) is 7.11 Å². The fraction of sp³-hybridized carbons (Fsp3) is 0.143. The highest BCUT2D eigenvalue weighted by atomic mass is 127. The van der Waals surface area contributed by atoms with Crippen LogP contribution in [0, 0.1) is 3.57 Å². The zero-order chi connectivity index (χ0) is 7.56. The van der Waals surface area contributed by atoms with E-state index < -0.39 is 0 Å². The predicted octanol–water partition coefficient (Wildman–Crippen LogP) is 2.44. The van der Waals surface area contributed by atoms with Crippen LogP contribution in [0.2, 0.25) is 0 Å². The van der Waals surface area contributed by atoms with Crippen LogP contribution in [0.15, 0.2) is 18.2 Å². The first kappa shape index (κ1) is 7.65. The highest BCUT2D eigenvalue weighted by molar-refractivity contribution is 14.1. The van der Waals surface area contributed by atoms with E-state index >= 15 is 0 Å². The molecule has 1 aromatic carbocycles. The standard InChI is InChI=1S/C7H6IO2/c1-10-7-3-2-5(8)4-6(7)9/h2-4H,1H3. The van der Waals surface area contributed by atoms with Gasteiger partial charge in [-0.2, -0.15) is 0 Å². The average Bonchev–Trinajstić information content (AvgIpc) is 1.88. The summed E-state index contributed by atoms with van der Waals surface area (Å²) in [5.41, 5.74) is 0. The molecule has 3 heteroatoms. The largest absolute Gasteiger partial charge is 0.493 e. The van der Waals surface area contributed by atoms with Gasteiger partial charge in [-0.3, -0.25) is 5.11 Å². The second-order valence-corrected chi connectivity index (χ2v) is 3.04. The van der Waals surface area contributed by atoms with Crippen molar-refractivity contribution in [2.24, 2.45) is 0 Å². The highest BCUT2D eigenvalue weighted by Crippen LogP contribution is 2.27. The van der Waals surface area contributed by atoms with Gasteiger partial charge in [-0.1, -0.05) is 0 Å². The molecule has 0 aromatic heterocycles. The third kappa shape index (κ3) is 1.53.